The van der Waals surface area contributed by atoms with Gasteiger partial charge in [-0.25, -0.2) is 0 Å². The van der Waals surface area contributed by atoms with Crippen LogP contribution < -0.4 is 0 Å². The van der Waals surface area contributed by atoms with Crippen molar-refractivity contribution >= 4 is 5.97 Å². The molecular weight excluding hydrogens is 156 g/mol. The molecule has 2 atom stereocenters. The number of rotatable bonds is 3. The minimum atomic E-state index is -0.734. The highest BCUT2D eigenvalue weighted by Gasteiger charge is 2.23. The van der Waals surface area contributed by atoms with E-state index in [9.17, 15) is 9.90 Å². The lowest BCUT2D eigenvalue weighted by Gasteiger charge is -2.16. The summed E-state index contributed by atoms with van der Waals surface area (Å²) in [5.74, 6) is -0.880. The first-order chi connectivity index (χ1) is 5.54. The number of hydrogen-bond acceptors (Lipinski definition) is 3. The molecule has 70 valence electrons. The van der Waals surface area contributed by atoms with Crippen LogP contribution in [0, 0.1) is 5.92 Å². The van der Waals surface area contributed by atoms with Crippen molar-refractivity contribution in [2.45, 2.75) is 26.9 Å². The second kappa shape index (κ2) is 4.93. The second-order valence-electron chi connectivity index (χ2n) is 2.79. The first kappa shape index (κ1) is 11.2. The molecule has 12 heavy (non-hydrogen) atoms. The third-order valence-electron chi connectivity index (χ3n) is 1.97. The lowest BCUT2D eigenvalue weighted by atomic mass is 9.98. The first-order valence-corrected chi connectivity index (χ1v) is 3.93. The average Bonchev–Trinajstić information content (AvgIpc) is 2.12. The van der Waals surface area contributed by atoms with Gasteiger partial charge in [-0.1, -0.05) is 6.08 Å². The zero-order valence-corrected chi connectivity index (χ0v) is 8.00. The lowest BCUT2D eigenvalue weighted by molar-refractivity contribution is -0.147. The maximum Gasteiger partial charge on any atom is 0.311 e. The smallest absolute Gasteiger partial charge is 0.311 e. The average molecular weight is 172 g/mol. The lowest BCUT2D eigenvalue weighted by Crippen LogP contribution is -2.27. The summed E-state index contributed by atoms with van der Waals surface area (Å²) in [5, 5.41) is 9.52. The van der Waals surface area contributed by atoms with Crippen molar-refractivity contribution in [1.82, 2.24) is 0 Å². The van der Waals surface area contributed by atoms with Crippen molar-refractivity contribution in [3.63, 3.8) is 0 Å². The van der Waals surface area contributed by atoms with Gasteiger partial charge in [0.2, 0.25) is 0 Å². The van der Waals surface area contributed by atoms with Crippen LogP contribution >= 0.6 is 0 Å². The molecule has 0 radical (unpaired) electrons. The summed E-state index contributed by atoms with van der Waals surface area (Å²) < 4.78 is 4.50. The summed E-state index contributed by atoms with van der Waals surface area (Å²) in [4.78, 5) is 11.0. The predicted molar refractivity (Wildman–Crippen MR) is 46.6 cm³/mol. The molecule has 0 aromatic rings. The van der Waals surface area contributed by atoms with Crippen LogP contribution in [0.5, 0.6) is 0 Å². The van der Waals surface area contributed by atoms with Gasteiger partial charge in [0.05, 0.1) is 19.1 Å². The molecule has 0 spiro atoms. The second-order valence-corrected chi connectivity index (χ2v) is 2.79. The van der Waals surface area contributed by atoms with Crippen LogP contribution in [0.1, 0.15) is 20.8 Å². The van der Waals surface area contributed by atoms with Gasteiger partial charge in [-0.3, -0.25) is 4.79 Å². The highest BCUT2D eigenvalue weighted by molar-refractivity contribution is 5.73. The summed E-state index contributed by atoms with van der Waals surface area (Å²) in [6.45, 7) is 5.25. The summed E-state index contributed by atoms with van der Waals surface area (Å²) in [5.41, 5.74) is 0.785. The van der Waals surface area contributed by atoms with Gasteiger partial charge in [-0.05, 0) is 26.3 Å². The number of aliphatic hydroxyl groups excluding tert-OH is 1. The molecule has 0 unspecified atom stereocenters. The maximum atomic E-state index is 11.0. The normalized spacial score (nSPS) is 16.9. The Morgan fingerprint density at radius 3 is 2.42 bits per heavy atom. The number of esters is 1. The van der Waals surface area contributed by atoms with Crippen LogP contribution in [-0.2, 0) is 9.53 Å². The first-order valence-electron chi connectivity index (χ1n) is 3.93. The van der Waals surface area contributed by atoms with Crippen molar-refractivity contribution in [1.29, 1.82) is 0 Å². The van der Waals surface area contributed by atoms with Gasteiger partial charge in [0.15, 0.2) is 0 Å². The van der Waals surface area contributed by atoms with E-state index in [0.29, 0.717) is 0 Å². The summed E-state index contributed by atoms with van der Waals surface area (Å²) in [6.07, 6.45) is 1.05. The van der Waals surface area contributed by atoms with E-state index in [0.717, 1.165) is 5.57 Å². The monoisotopic (exact) mass is 172 g/mol. The molecule has 0 amide bonds. The summed E-state index contributed by atoms with van der Waals surface area (Å²) in [7, 11) is 1.32. The molecule has 0 aromatic carbocycles. The third kappa shape index (κ3) is 2.66. The molecule has 1 N–H and O–H groups in total. The highest BCUT2D eigenvalue weighted by Crippen LogP contribution is 2.12. The maximum absolute atomic E-state index is 11.0. The van der Waals surface area contributed by atoms with Crippen molar-refractivity contribution in [2.75, 3.05) is 7.11 Å². The van der Waals surface area contributed by atoms with E-state index in [4.69, 9.17) is 0 Å². The summed E-state index contributed by atoms with van der Waals surface area (Å²) in [6, 6.07) is 0. The number of hydrogen-bond donors (Lipinski definition) is 1. The number of aliphatic hydroxyl groups is 1. The zero-order valence-electron chi connectivity index (χ0n) is 8.00. The van der Waals surface area contributed by atoms with E-state index in [1.165, 1.54) is 7.11 Å². The van der Waals surface area contributed by atoms with Gasteiger partial charge < -0.3 is 9.84 Å². The molecule has 0 bridgehead atoms. The molecular formula is C9H16O3. The minimum Gasteiger partial charge on any atom is -0.469 e. The van der Waals surface area contributed by atoms with Gasteiger partial charge in [-0.15, -0.1) is 0 Å². The van der Waals surface area contributed by atoms with E-state index < -0.39 is 12.0 Å². The number of ether oxygens (including phenoxy) is 1. The van der Waals surface area contributed by atoms with Crippen LogP contribution in [0.4, 0.5) is 0 Å². The van der Waals surface area contributed by atoms with Crippen LogP contribution in [0.15, 0.2) is 11.6 Å². The third-order valence-corrected chi connectivity index (χ3v) is 1.97. The van der Waals surface area contributed by atoms with Crippen molar-refractivity contribution in [3.05, 3.63) is 11.6 Å². The van der Waals surface area contributed by atoms with Gasteiger partial charge in [0.1, 0.15) is 0 Å². The van der Waals surface area contributed by atoms with E-state index in [1.54, 1.807) is 19.9 Å². The van der Waals surface area contributed by atoms with Crippen LogP contribution in [0.2, 0.25) is 0 Å². The predicted octanol–water partition coefficient (Wildman–Crippen LogP) is 1.12. The van der Waals surface area contributed by atoms with E-state index >= 15 is 0 Å². The Hall–Kier alpha value is -0.830. The van der Waals surface area contributed by atoms with Gasteiger partial charge in [-0.2, -0.15) is 0 Å². The van der Waals surface area contributed by atoms with Crippen molar-refractivity contribution < 1.29 is 14.6 Å². The standard InChI is InChI=1S/C9H16O3/c1-5-6(2)8(10)7(3)9(11)12-4/h5,7-8,10H,1-4H3/b6-5+/t7-,8-/m1/s1. The molecule has 0 aliphatic carbocycles. The quantitative estimate of drug-likeness (QED) is 0.512. The zero-order chi connectivity index (χ0) is 9.72. The molecule has 0 aromatic heterocycles. The number of methoxy groups -OCH3 is 1. The fourth-order valence-electron chi connectivity index (χ4n) is 0.880. The van der Waals surface area contributed by atoms with E-state index in [1.807, 2.05) is 6.92 Å². The van der Waals surface area contributed by atoms with Crippen molar-refractivity contribution in [2.24, 2.45) is 5.92 Å². The Morgan fingerprint density at radius 1 is 1.58 bits per heavy atom. The minimum absolute atomic E-state index is 0.385. The Bertz CT molecular complexity index is 184. The Kier molecular flexibility index (Phi) is 4.59. The fourth-order valence-corrected chi connectivity index (χ4v) is 0.880. The number of allylic oxidation sites excluding steroid dienone is 1. The molecule has 0 fully saturated rings. The van der Waals surface area contributed by atoms with E-state index in [-0.39, 0.29) is 5.97 Å². The van der Waals surface area contributed by atoms with E-state index in [2.05, 4.69) is 4.74 Å². The molecule has 3 heteroatoms. The molecule has 0 rings (SSSR count). The number of carbonyl (C=O) groups is 1. The SMILES string of the molecule is C/C=C(\C)[C@@H](O)[C@@H](C)C(=O)OC. The van der Waals surface area contributed by atoms with Crippen LogP contribution in [0.25, 0.3) is 0 Å². The summed E-state index contributed by atoms with van der Waals surface area (Å²) >= 11 is 0. The Morgan fingerprint density at radius 2 is 2.08 bits per heavy atom. The van der Waals surface area contributed by atoms with Crippen LogP contribution in [0.3, 0.4) is 0 Å². The molecule has 0 heterocycles. The largest absolute Gasteiger partial charge is 0.469 e. The van der Waals surface area contributed by atoms with Crippen LogP contribution in [-0.4, -0.2) is 24.3 Å². The van der Waals surface area contributed by atoms with Gasteiger partial charge in [0, 0.05) is 0 Å². The van der Waals surface area contributed by atoms with Gasteiger partial charge >= 0.3 is 5.97 Å². The number of carbonyl (C=O) groups excluding carboxylic acids is 1. The molecule has 0 aliphatic rings. The van der Waals surface area contributed by atoms with Crippen molar-refractivity contribution in [3.8, 4) is 0 Å². The van der Waals surface area contributed by atoms with Gasteiger partial charge in [0.25, 0.3) is 0 Å². The Balaban J connectivity index is 4.28. The molecule has 0 aliphatic heterocycles. The molecule has 0 saturated carbocycles. The fraction of sp³-hybridized carbons (Fsp3) is 0.667. The highest BCUT2D eigenvalue weighted by atomic mass is 16.5. The Labute approximate surface area is 73.0 Å². The molecule has 0 saturated heterocycles. The molecule has 3 nitrogen and oxygen atoms in total. The topological polar surface area (TPSA) is 46.5 Å².